The summed E-state index contributed by atoms with van der Waals surface area (Å²) >= 11 is 0. The van der Waals surface area contributed by atoms with E-state index in [2.05, 4.69) is 15.3 Å². The van der Waals surface area contributed by atoms with E-state index in [1.165, 1.54) is 37.7 Å². The van der Waals surface area contributed by atoms with Gasteiger partial charge in [0.25, 0.3) is 0 Å². The van der Waals surface area contributed by atoms with Gasteiger partial charge in [-0.3, -0.25) is 0 Å². The van der Waals surface area contributed by atoms with Crippen LogP contribution in [0.15, 0.2) is 91.3 Å². The number of nitrogens with zero attached hydrogens (tertiary/aromatic N) is 2. The Labute approximate surface area is 224 Å². The molecule has 1 saturated carbocycles. The van der Waals surface area contributed by atoms with Crippen molar-refractivity contribution < 1.29 is 14.3 Å². The maximum absolute atomic E-state index is 13.0. The number of carbonyl (C=O) groups is 1. The van der Waals surface area contributed by atoms with Crippen LogP contribution < -0.4 is 10.1 Å². The lowest BCUT2D eigenvalue weighted by molar-refractivity contribution is 0.0467. The Morgan fingerprint density at radius 1 is 0.816 bits per heavy atom. The zero-order chi connectivity index (χ0) is 26.0. The summed E-state index contributed by atoms with van der Waals surface area (Å²) in [7, 11) is 0. The monoisotopic (exact) mass is 507 g/mol. The number of esters is 1. The molecule has 0 amide bonds. The van der Waals surface area contributed by atoms with Crippen molar-refractivity contribution in [3.63, 3.8) is 0 Å². The highest BCUT2D eigenvalue weighted by Crippen LogP contribution is 2.32. The molecule has 6 heteroatoms. The Balaban J connectivity index is 1.26. The van der Waals surface area contributed by atoms with Gasteiger partial charge in [0.2, 0.25) is 0 Å². The maximum atomic E-state index is 13.0. The molecule has 6 nitrogen and oxygen atoms in total. The lowest BCUT2D eigenvalue weighted by Gasteiger charge is -2.21. The van der Waals surface area contributed by atoms with Crippen molar-refractivity contribution in [2.75, 3.05) is 5.32 Å². The molecule has 194 valence electrons. The summed E-state index contributed by atoms with van der Waals surface area (Å²) in [5.74, 6) is 1.35. The van der Waals surface area contributed by atoms with Crippen LogP contribution in [0.25, 0.3) is 0 Å². The smallest absolute Gasteiger partial charge is 0.342 e. The fraction of sp³-hybridized carbons (Fsp3) is 0.281. The molecule has 0 atom stereocenters. The van der Waals surface area contributed by atoms with Gasteiger partial charge in [-0.05, 0) is 47.6 Å². The van der Waals surface area contributed by atoms with Gasteiger partial charge >= 0.3 is 5.97 Å². The third kappa shape index (κ3) is 6.97. The van der Waals surface area contributed by atoms with Crippen molar-refractivity contribution in [2.24, 2.45) is 0 Å². The fourth-order valence-corrected chi connectivity index (χ4v) is 4.74. The first-order chi connectivity index (χ1) is 18.7. The van der Waals surface area contributed by atoms with Crippen molar-refractivity contribution in [3.05, 3.63) is 119 Å². The highest BCUT2D eigenvalue weighted by atomic mass is 16.5. The van der Waals surface area contributed by atoms with Crippen LogP contribution in [-0.4, -0.2) is 15.9 Å². The maximum Gasteiger partial charge on any atom is 0.342 e. The van der Waals surface area contributed by atoms with Crippen LogP contribution in [-0.2, 0) is 24.5 Å². The standard InChI is InChI=1S/C32H33N3O3/c36-32(38-23-25-12-6-2-7-13-25)29-17-16-28(18-30(29)37-22-24-10-4-1-5-11-24)33-21-31-34-19-27(20-35-31)26-14-8-3-9-15-26/h1-2,4-7,10-13,16-20,26,33H,3,8-9,14-15,21-23H2. The normalized spacial score (nSPS) is 13.6. The van der Waals surface area contributed by atoms with E-state index in [0.717, 1.165) is 22.6 Å². The van der Waals surface area contributed by atoms with Crippen LogP contribution in [0.2, 0.25) is 0 Å². The summed E-state index contributed by atoms with van der Waals surface area (Å²) in [4.78, 5) is 22.1. The summed E-state index contributed by atoms with van der Waals surface area (Å²) in [5.41, 5.74) is 4.38. The number of ether oxygens (including phenoxy) is 2. The molecule has 1 fully saturated rings. The van der Waals surface area contributed by atoms with E-state index < -0.39 is 5.97 Å². The Morgan fingerprint density at radius 3 is 2.16 bits per heavy atom. The summed E-state index contributed by atoms with van der Waals surface area (Å²) in [6, 6.07) is 24.9. The molecule has 1 aliphatic rings. The lowest BCUT2D eigenvalue weighted by Crippen LogP contribution is -2.10. The topological polar surface area (TPSA) is 73.3 Å². The largest absolute Gasteiger partial charge is 0.488 e. The van der Waals surface area contributed by atoms with Crippen molar-refractivity contribution >= 4 is 11.7 Å². The van der Waals surface area contributed by atoms with Gasteiger partial charge in [-0.2, -0.15) is 0 Å². The number of aromatic nitrogens is 2. The number of anilines is 1. The van der Waals surface area contributed by atoms with Crippen molar-refractivity contribution in [2.45, 2.75) is 57.8 Å². The van der Waals surface area contributed by atoms with E-state index in [-0.39, 0.29) is 6.61 Å². The van der Waals surface area contributed by atoms with Crippen molar-refractivity contribution in [3.8, 4) is 5.75 Å². The van der Waals surface area contributed by atoms with E-state index in [1.54, 1.807) is 6.07 Å². The number of benzene rings is 3. The minimum Gasteiger partial charge on any atom is -0.488 e. The van der Waals surface area contributed by atoms with E-state index in [1.807, 2.05) is 85.2 Å². The minimum absolute atomic E-state index is 0.200. The molecule has 0 bridgehead atoms. The van der Waals surface area contributed by atoms with E-state index >= 15 is 0 Å². The number of hydrogen-bond donors (Lipinski definition) is 1. The molecule has 5 rings (SSSR count). The Hall–Kier alpha value is -4.19. The average molecular weight is 508 g/mol. The summed E-state index contributed by atoms with van der Waals surface area (Å²) < 4.78 is 11.7. The molecular formula is C32H33N3O3. The zero-order valence-electron chi connectivity index (χ0n) is 21.5. The molecule has 0 spiro atoms. The van der Waals surface area contributed by atoms with Crippen molar-refractivity contribution in [1.29, 1.82) is 0 Å². The van der Waals surface area contributed by atoms with Crippen LogP contribution >= 0.6 is 0 Å². The molecule has 0 aliphatic heterocycles. The van der Waals surface area contributed by atoms with Gasteiger partial charge in [0, 0.05) is 24.1 Å². The second-order valence-corrected chi connectivity index (χ2v) is 9.67. The van der Waals surface area contributed by atoms with Gasteiger partial charge in [-0.1, -0.05) is 79.9 Å². The van der Waals surface area contributed by atoms with Gasteiger partial charge in [-0.15, -0.1) is 0 Å². The Morgan fingerprint density at radius 2 is 1.47 bits per heavy atom. The molecule has 1 N–H and O–H groups in total. The predicted octanol–water partition coefficient (Wildman–Crippen LogP) is 7.07. The molecular weight excluding hydrogens is 474 g/mol. The first-order valence-corrected chi connectivity index (χ1v) is 13.3. The highest BCUT2D eigenvalue weighted by Gasteiger charge is 2.17. The Bertz CT molecular complexity index is 1310. The molecule has 0 unspecified atom stereocenters. The second kappa shape index (κ2) is 12.9. The summed E-state index contributed by atoms with van der Waals surface area (Å²) in [6.07, 6.45) is 10.3. The van der Waals surface area contributed by atoms with Gasteiger partial charge in [0.15, 0.2) is 0 Å². The second-order valence-electron chi connectivity index (χ2n) is 9.67. The molecule has 1 aliphatic carbocycles. The van der Waals surface area contributed by atoms with Crippen LogP contribution in [0.1, 0.15) is 70.9 Å². The van der Waals surface area contributed by atoms with Crippen LogP contribution in [0.5, 0.6) is 5.75 Å². The molecule has 3 aromatic carbocycles. The van der Waals surface area contributed by atoms with Gasteiger partial charge in [0.1, 0.15) is 30.4 Å². The van der Waals surface area contributed by atoms with E-state index in [9.17, 15) is 4.79 Å². The van der Waals surface area contributed by atoms with Gasteiger partial charge in [-0.25, -0.2) is 14.8 Å². The molecule has 4 aromatic rings. The van der Waals surface area contributed by atoms with Gasteiger partial charge < -0.3 is 14.8 Å². The van der Waals surface area contributed by atoms with Crippen LogP contribution in [0, 0.1) is 0 Å². The minimum atomic E-state index is -0.426. The fourth-order valence-electron chi connectivity index (χ4n) is 4.74. The number of carbonyl (C=O) groups excluding carboxylic acids is 1. The molecule has 0 radical (unpaired) electrons. The SMILES string of the molecule is O=C(OCc1ccccc1)c1ccc(NCc2ncc(C3CCCCC3)cn2)cc1OCc1ccccc1. The quantitative estimate of drug-likeness (QED) is 0.231. The highest BCUT2D eigenvalue weighted by molar-refractivity contribution is 5.93. The molecule has 0 saturated heterocycles. The third-order valence-electron chi connectivity index (χ3n) is 6.90. The van der Waals surface area contributed by atoms with Crippen molar-refractivity contribution in [1.82, 2.24) is 9.97 Å². The van der Waals surface area contributed by atoms with Crippen LogP contribution in [0.3, 0.4) is 0 Å². The molecule has 38 heavy (non-hydrogen) atoms. The first kappa shape index (κ1) is 25.5. The van der Waals surface area contributed by atoms with Gasteiger partial charge in [0.05, 0.1) is 6.54 Å². The first-order valence-electron chi connectivity index (χ1n) is 13.3. The number of hydrogen-bond acceptors (Lipinski definition) is 6. The molecule has 1 aromatic heterocycles. The van der Waals surface area contributed by atoms with Crippen LogP contribution in [0.4, 0.5) is 5.69 Å². The Kier molecular flexibility index (Phi) is 8.62. The third-order valence-corrected chi connectivity index (χ3v) is 6.90. The number of nitrogens with one attached hydrogen (secondary N) is 1. The lowest BCUT2D eigenvalue weighted by atomic mass is 9.85. The van der Waals surface area contributed by atoms with E-state index in [4.69, 9.17) is 9.47 Å². The summed E-state index contributed by atoms with van der Waals surface area (Å²) in [5, 5.41) is 3.37. The average Bonchev–Trinajstić information content (AvgIpc) is 2.99. The predicted molar refractivity (Wildman–Crippen MR) is 148 cm³/mol. The van der Waals surface area contributed by atoms with E-state index in [0.29, 0.717) is 30.4 Å². The number of rotatable bonds is 10. The summed E-state index contributed by atoms with van der Waals surface area (Å²) in [6.45, 7) is 1.02. The zero-order valence-corrected chi connectivity index (χ0v) is 21.5. The molecule has 1 heterocycles.